The van der Waals surface area contributed by atoms with E-state index in [0.29, 0.717) is 12.6 Å². The van der Waals surface area contributed by atoms with Gasteiger partial charge in [-0.1, -0.05) is 18.2 Å². The van der Waals surface area contributed by atoms with Crippen molar-refractivity contribution in [2.24, 2.45) is 0 Å². The maximum Gasteiger partial charge on any atom is 0.240 e. The Labute approximate surface area is 183 Å². The fraction of sp³-hybridized carbons (Fsp3) is 0.458. The Morgan fingerprint density at radius 3 is 2.45 bits per heavy atom. The summed E-state index contributed by atoms with van der Waals surface area (Å²) < 4.78 is 33.6. The van der Waals surface area contributed by atoms with Crippen LogP contribution in [0.5, 0.6) is 5.75 Å². The van der Waals surface area contributed by atoms with Crippen LogP contribution in [0.25, 0.3) is 0 Å². The number of anilines is 1. The number of rotatable bonds is 7. The first-order valence-corrected chi connectivity index (χ1v) is 12.6. The quantitative estimate of drug-likeness (QED) is 0.700. The lowest BCUT2D eigenvalue weighted by Gasteiger charge is -2.41. The third kappa shape index (κ3) is 3.68. The van der Waals surface area contributed by atoms with Gasteiger partial charge < -0.3 is 9.64 Å². The first-order chi connectivity index (χ1) is 15.0. The standard InChI is InChI=1S/C24H27N3O3S/c1-2-30-19-10-13-21-22(15-25)24(27(23(21)14-19)18-4-3-5-18)16-6-11-20(12-7-16)31(28,29)26-17-8-9-17/h6-7,10-14,17-18,22,24,26H,2-5,8-9H2,1H3. The molecule has 0 aromatic heterocycles. The molecule has 5 rings (SSSR count). The number of nitrogens with one attached hydrogen (secondary N) is 1. The van der Waals surface area contributed by atoms with Crippen LogP contribution in [-0.4, -0.2) is 27.1 Å². The summed E-state index contributed by atoms with van der Waals surface area (Å²) in [6, 6.07) is 15.9. The second-order valence-electron chi connectivity index (χ2n) is 8.66. The smallest absolute Gasteiger partial charge is 0.240 e. The van der Waals surface area contributed by atoms with E-state index in [2.05, 4.69) is 21.8 Å². The predicted molar refractivity (Wildman–Crippen MR) is 119 cm³/mol. The Balaban J connectivity index is 1.51. The number of hydrogen-bond acceptors (Lipinski definition) is 5. The molecule has 0 radical (unpaired) electrons. The van der Waals surface area contributed by atoms with Crippen LogP contribution in [-0.2, 0) is 10.0 Å². The second kappa shape index (κ2) is 7.85. The molecule has 1 heterocycles. The van der Waals surface area contributed by atoms with Gasteiger partial charge in [-0.2, -0.15) is 5.26 Å². The van der Waals surface area contributed by atoms with E-state index < -0.39 is 10.0 Å². The van der Waals surface area contributed by atoms with Gasteiger partial charge in [-0.3, -0.25) is 0 Å². The zero-order valence-electron chi connectivity index (χ0n) is 17.6. The molecule has 2 unspecified atom stereocenters. The number of fused-ring (bicyclic) bond motifs is 1. The topological polar surface area (TPSA) is 82.4 Å². The van der Waals surface area contributed by atoms with E-state index >= 15 is 0 Å². The summed E-state index contributed by atoms with van der Waals surface area (Å²) in [5.41, 5.74) is 3.06. The van der Waals surface area contributed by atoms with Crippen LogP contribution < -0.4 is 14.4 Å². The van der Waals surface area contributed by atoms with Gasteiger partial charge >= 0.3 is 0 Å². The zero-order chi connectivity index (χ0) is 21.6. The number of sulfonamides is 1. The molecule has 3 aliphatic rings. The van der Waals surface area contributed by atoms with Crippen molar-refractivity contribution in [2.75, 3.05) is 11.5 Å². The maximum atomic E-state index is 12.6. The molecule has 7 heteroatoms. The zero-order valence-corrected chi connectivity index (χ0v) is 18.4. The first-order valence-electron chi connectivity index (χ1n) is 11.1. The van der Waals surface area contributed by atoms with Crippen LogP contribution in [0.4, 0.5) is 5.69 Å². The molecule has 2 fully saturated rings. The van der Waals surface area contributed by atoms with Crippen LogP contribution in [0.15, 0.2) is 47.4 Å². The molecule has 2 atom stereocenters. The molecule has 2 aromatic carbocycles. The average molecular weight is 438 g/mol. The third-order valence-corrected chi connectivity index (χ3v) is 8.12. The predicted octanol–water partition coefficient (Wildman–Crippen LogP) is 4.25. The van der Waals surface area contributed by atoms with Gasteiger partial charge in [0, 0.05) is 23.8 Å². The minimum Gasteiger partial charge on any atom is -0.494 e. The van der Waals surface area contributed by atoms with Gasteiger partial charge in [-0.15, -0.1) is 0 Å². The lowest BCUT2D eigenvalue weighted by molar-refractivity contribution is 0.339. The molecule has 2 aromatic rings. The number of hydrogen-bond donors (Lipinski definition) is 1. The summed E-state index contributed by atoms with van der Waals surface area (Å²) in [6.07, 6.45) is 5.20. The van der Waals surface area contributed by atoms with Crippen molar-refractivity contribution in [1.29, 1.82) is 5.26 Å². The van der Waals surface area contributed by atoms with Crippen LogP contribution in [0.1, 0.15) is 62.1 Å². The van der Waals surface area contributed by atoms with Crippen LogP contribution in [0.2, 0.25) is 0 Å². The van der Waals surface area contributed by atoms with Crippen LogP contribution in [0.3, 0.4) is 0 Å². The average Bonchev–Trinajstić information content (AvgIpc) is 3.47. The van der Waals surface area contributed by atoms with Crippen molar-refractivity contribution in [3.05, 3.63) is 53.6 Å². The molecule has 162 valence electrons. The van der Waals surface area contributed by atoms with Crippen molar-refractivity contribution in [3.63, 3.8) is 0 Å². The van der Waals surface area contributed by atoms with E-state index in [1.165, 1.54) is 6.42 Å². The van der Waals surface area contributed by atoms with Crippen LogP contribution >= 0.6 is 0 Å². The van der Waals surface area contributed by atoms with Gasteiger partial charge in [0.15, 0.2) is 0 Å². The molecule has 1 N–H and O–H groups in total. The lowest BCUT2D eigenvalue weighted by Crippen LogP contribution is -2.41. The summed E-state index contributed by atoms with van der Waals surface area (Å²) in [4.78, 5) is 2.65. The van der Waals surface area contributed by atoms with Crippen molar-refractivity contribution in [2.45, 2.75) is 68.0 Å². The maximum absolute atomic E-state index is 12.6. The van der Waals surface area contributed by atoms with E-state index in [9.17, 15) is 13.7 Å². The Bertz CT molecular complexity index is 1120. The van der Waals surface area contributed by atoms with Crippen LogP contribution in [0, 0.1) is 11.3 Å². The molecule has 1 aliphatic heterocycles. The van der Waals surface area contributed by atoms with Crippen molar-refractivity contribution < 1.29 is 13.2 Å². The van der Waals surface area contributed by atoms with Crippen molar-refractivity contribution in [3.8, 4) is 11.8 Å². The largest absolute Gasteiger partial charge is 0.494 e. The summed E-state index contributed by atoms with van der Waals surface area (Å²) in [7, 11) is -3.49. The number of ether oxygens (including phenoxy) is 1. The molecular weight excluding hydrogens is 410 g/mol. The Morgan fingerprint density at radius 1 is 1.13 bits per heavy atom. The van der Waals surface area contributed by atoms with Gasteiger partial charge in [0.25, 0.3) is 0 Å². The summed E-state index contributed by atoms with van der Waals surface area (Å²) >= 11 is 0. The lowest BCUT2D eigenvalue weighted by atomic mass is 9.87. The monoisotopic (exact) mass is 437 g/mol. The van der Waals surface area contributed by atoms with Crippen molar-refractivity contribution >= 4 is 15.7 Å². The second-order valence-corrected chi connectivity index (χ2v) is 10.4. The molecule has 0 spiro atoms. The van der Waals surface area contributed by atoms with Gasteiger partial charge in [-0.05, 0) is 68.4 Å². The number of nitrogens with zero attached hydrogens (tertiary/aromatic N) is 2. The normalized spacial score (nSPS) is 23.2. The summed E-state index contributed by atoms with van der Waals surface area (Å²) in [5.74, 6) is 0.508. The first kappa shape index (κ1) is 20.3. The molecule has 2 aliphatic carbocycles. The summed E-state index contributed by atoms with van der Waals surface area (Å²) in [5, 5.41) is 10.1. The molecule has 0 saturated heterocycles. The Morgan fingerprint density at radius 2 is 1.87 bits per heavy atom. The fourth-order valence-electron chi connectivity index (χ4n) is 4.66. The van der Waals surface area contributed by atoms with E-state index in [-0.39, 0.29) is 22.9 Å². The van der Waals surface area contributed by atoms with E-state index in [1.54, 1.807) is 12.1 Å². The molecule has 6 nitrogen and oxygen atoms in total. The molecule has 31 heavy (non-hydrogen) atoms. The molecule has 0 bridgehead atoms. The Kier molecular flexibility index (Phi) is 5.15. The highest BCUT2D eigenvalue weighted by molar-refractivity contribution is 7.89. The number of benzene rings is 2. The minimum absolute atomic E-state index is 0.0746. The minimum atomic E-state index is -3.49. The molecule has 2 saturated carbocycles. The van der Waals surface area contributed by atoms with Gasteiger partial charge in [-0.25, -0.2) is 13.1 Å². The van der Waals surface area contributed by atoms with Gasteiger partial charge in [0.1, 0.15) is 5.75 Å². The fourth-order valence-corrected chi connectivity index (χ4v) is 5.97. The molecular formula is C24H27N3O3S. The van der Waals surface area contributed by atoms with Gasteiger partial charge in [0.05, 0.1) is 29.5 Å². The number of nitriles is 1. The highest BCUT2D eigenvalue weighted by Crippen LogP contribution is 2.53. The van der Waals surface area contributed by atoms with Gasteiger partial charge in [0.2, 0.25) is 10.0 Å². The van der Waals surface area contributed by atoms with E-state index in [4.69, 9.17) is 4.74 Å². The van der Waals surface area contributed by atoms with Crippen molar-refractivity contribution in [1.82, 2.24) is 4.72 Å². The SMILES string of the molecule is CCOc1ccc2c(c1)N(C1CCC1)C(c1ccc(S(=O)(=O)NC3CC3)cc1)C2C#N. The van der Waals surface area contributed by atoms with E-state index in [0.717, 1.165) is 48.2 Å². The highest BCUT2D eigenvalue weighted by Gasteiger charge is 2.44. The molecule has 0 amide bonds. The highest BCUT2D eigenvalue weighted by atomic mass is 32.2. The Hall–Kier alpha value is -2.56. The summed E-state index contributed by atoms with van der Waals surface area (Å²) in [6.45, 7) is 2.56. The third-order valence-electron chi connectivity index (χ3n) is 6.58. The van der Waals surface area contributed by atoms with E-state index in [1.807, 2.05) is 31.2 Å².